The van der Waals surface area contributed by atoms with Gasteiger partial charge < -0.3 is 19.9 Å². The number of hydrogen-bond donors (Lipinski definition) is 1. The Morgan fingerprint density at radius 1 is 0.800 bits per heavy atom. The van der Waals surface area contributed by atoms with Crippen LogP contribution in [0.4, 0.5) is 0 Å². The molecule has 106 valence electrons. The van der Waals surface area contributed by atoms with Gasteiger partial charge in [0.2, 0.25) is 0 Å². The van der Waals surface area contributed by atoms with Crippen molar-refractivity contribution in [2.45, 2.75) is 13.2 Å². The molecule has 2 rings (SSSR count). The van der Waals surface area contributed by atoms with Gasteiger partial charge in [0.15, 0.2) is 0 Å². The first kappa shape index (κ1) is 14.2. The number of nitrogens with two attached hydrogens (primary N) is 1. The second-order valence-corrected chi connectivity index (χ2v) is 4.36. The fourth-order valence-electron chi connectivity index (χ4n) is 1.80. The van der Waals surface area contributed by atoms with Gasteiger partial charge in [-0.15, -0.1) is 0 Å². The maximum atomic E-state index is 5.76. The van der Waals surface area contributed by atoms with Crippen LogP contribution in [0.15, 0.2) is 42.5 Å². The van der Waals surface area contributed by atoms with Gasteiger partial charge in [-0.05, 0) is 11.1 Å². The minimum atomic E-state index is 0.487. The van der Waals surface area contributed by atoms with Crippen LogP contribution in [0.2, 0.25) is 0 Å². The lowest BCUT2D eigenvalue weighted by Crippen LogP contribution is -1.99. The molecule has 0 spiro atoms. The van der Waals surface area contributed by atoms with Crippen molar-refractivity contribution in [1.82, 2.24) is 0 Å². The smallest absolute Gasteiger partial charge is 0.127 e. The first-order valence-electron chi connectivity index (χ1n) is 6.39. The van der Waals surface area contributed by atoms with Crippen molar-refractivity contribution in [3.05, 3.63) is 53.6 Å². The summed E-state index contributed by atoms with van der Waals surface area (Å²) < 4.78 is 16.2. The van der Waals surface area contributed by atoms with E-state index in [1.165, 1.54) is 0 Å². The predicted octanol–water partition coefficient (Wildman–Crippen LogP) is 2.74. The summed E-state index contributed by atoms with van der Waals surface area (Å²) in [6.45, 7) is 1.04. The minimum absolute atomic E-state index is 0.487. The third-order valence-corrected chi connectivity index (χ3v) is 2.99. The molecule has 0 aromatic heterocycles. The summed E-state index contributed by atoms with van der Waals surface area (Å²) in [5.41, 5.74) is 7.76. The van der Waals surface area contributed by atoms with E-state index < -0.39 is 0 Å². The molecule has 0 saturated carbocycles. The number of benzene rings is 2. The van der Waals surface area contributed by atoms with Gasteiger partial charge in [0.05, 0.1) is 14.2 Å². The van der Waals surface area contributed by atoms with E-state index in [0.29, 0.717) is 30.4 Å². The van der Waals surface area contributed by atoms with Crippen LogP contribution in [0.1, 0.15) is 11.1 Å². The average Bonchev–Trinajstić information content (AvgIpc) is 2.53. The maximum absolute atomic E-state index is 5.76. The van der Waals surface area contributed by atoms with Gasteiger partial charge in [-0.25, -0.2) is 0 Å². The van der Waals surface area contributed by atoms with Gasteiger partial charge in [0.25, 0.3) is 0 Å². The lowest BCUT2D eigenvalue weighted by Gasteiger charge is -2.10. The highest BCUT2D eigenvalue weighted by atomic mass is 16.5. The van der Waals surface area contributed by atoms with E-state index >= 15 is 0 Å². The topological polar surface area (TPSA) is 53.7 Å². The monoisotopic (exact) mass is 273 g/mol. The molecule has 0 aliphatic heterocycles. The van der Waals surface area contributed by atoms with Crippen LogP contribution in [0.3, 0.4) is 0 Å². The van der Waals surface area contributed by atoms with E-state index in [1.807, 2.05) is 42.5 Å². The molecule has 4 nitrogen and oxygen atoms in total. The Labute approximate surface area is 119 Å². The van der Waals surface area contributed by atoms with Crippen LogP contribution in [-0.2, 0) is 13.2 Å². The zero-order valence-electron chi connectivity index (χ0n) is 11.8. The van der Waals surface area contributed by atoms with Gasteiger partial charge in [0.1, 0.15) is 23.9 Å². The second-order valence-electron chi connectivity index (χ2n) is 4.36. The van der Waals surface area contributed by atoms with Crippen LogP contribution in [-0.4, -0.2) is 14.2 Å². The van der Waals surface area contributed by atoms with Gasteiger partial charge in [-0.2, -0.15) is 0 Å². The summed E-state index contributed by atoms with van der Waals surface area (Å²) in [4.78, 5) is 0. The molecule has 4 heteroatoms. The average molecular weight is 273 g/mol. The van der Waals surface area contributed by atoms with Crippen molar-refractivity contribution in [3.63, 3.8) is 0 Å². The van der Waals surface area contributed by atoms with E-state index in [0.717, 1.165) is 11.1 Å². The Bertz CT molecular complexity index is 530. The standard InChI is InChI=1S/C16H19NO3/c1-18-14-7-15(19-2)9-16(8-14)20-11-13-5-3-12(10-17)4-6-13/h3-9H,10-11,17H2,1-2H3. The van der Waals surface area contributed by atoms with Gasteiger partial charge >= 0.3 is 0 Å². The minimum Gasteiger partial charge on any atom is -0.496 e. The highest BCUT2D eigenvalue weighted by molar-refractivity contribution is 5.42. The van der Waals surface area contributed by atoms with Crippen molar-refractivity contribution < 1.29 is 14.2 Å². The van der Waals surface area contributed by atoms with Crippen LogP contribution >= 0.6 is 0 Å². The molecule has 0 unspecified atom stereocenters. The molecule has 2 aromatic carbocycles. The zero-order valence-corrected chi connectivity index (χ0v) is 11.8. The fourth-order valence-corrected chi connectivity index (χ4v) is 1.80. The van der Waals surface area contributed by atoms with Crippen molar-refractivity contribution in [2.75, 3.05) is 14.2 Å². The first-order chi connectivity index (χ1) is 9.75. The number of hydrogen-bond acceptors (Lipinski definition) is 4. The molecule has 0 bridgehead atoms. The van der Waals surface area contributed by atoms with Crippen molar-refractivity contribution >= 4 is 0 Å². The quantitative estimate of drug-likeness (QED) is 0.879. The third-order valence-electron chi connectivity index (χ3n) is 2.99. The zero-order chi connectivity index (χ0) is 14.4. The summed E-state index contributed by atoms with van der Waals surface area (Å²) in [6, 6.07) is 13.5. The Morgan fingerprint density at radius 3 is 1.80 bits per heavy atom. The highest BCUT2D eigenvalue weighted by Gasteiger charge is 2.03. The van der Waals surface area contributed by atoms with Crippen LogP contribution in [0, 0.1) is 0 Å². The molecule has 0 heterocycles. The SMILES string of the molecule is COc1cc(OC)cc(OCc2ccc(CN)cc2)c1. The molecule has 0 aliphatic rings. The molecule has 2 N–H and O–H groups in total. The fraction of sp³-hybridized carbons (Fsp3) is 0.250. The predicted molar refractivity (Wildman–Crippen MR) is 78.2 cm³/mol. The molecule has 0 atom stereocenters. The largest absolute Gasteiger partial charge is 0.496 e. The number of methoxy groups -OCH3 is 2. The maximum Gasteiger partial charge on any atom is 0.127 e. The van der Waals surface area contributed by atoms with Gasteiger partial charge in [0, 0.05) is 24.7 Å². The van der Waals surface area contributed by atoms with E-state index in [9.17, 15) is 0 Å². The van der Waals surface area contributed by atoms with E-state index in [4.69, 9.17) is 19.9 Å². The lowest BCUT2D eigenvalue weighted by molar-refractivity contribution is 0.300. The highest BCUT2D eigenvalue weighted by Crippen LogP contribution is 2.27. The summed E-state index contributed by atoms with van der Waals surface area (Å²) in [5.74, 6) is 2.12. The molecule has 0 saturated heterocycles. The van der Waals surface area contributed by atoms with Crippen LogP contribution in [0.5, 0.6) is 17.2 Å². The molecule has 0 aliphatic carbocycles. The molecule has 2 aromatic rings. The van der Waals surface area contributed by atoms with E-state index in [1.54, 1.807) is 14.2 Å². The summed E-state index contributed by atoms with van der Waals surface area (Å²) in [5, 5.41) is 0. The lowest BCUT2D eigenvalue weighted by atomic mass is 10.1. The van der Waals surface area contributed by atoms with Crippen molar-refractivity contribution in [2.24, 2.45) is 5.73 Å². The van der Waals surface area contributed by atoms with Crippen molar-refractivity contribution in [1.29, 1.82) is 0 Å². The number of ether oxygens (including phenoxy) is 3. The Hall–Kier alpha value is -2.20. The molecule has 0 fully saturated rings. The third kappa shape index (κ3) is 3.65. The Morgan fingerprint density at radius 2 is 1.30 bits per heavy atom. The Balaban J connectivity index is 2.05. The Kier molecular flexibility index (Phi) is 4.85. The first-order valence-corrected chi connectivity index (χ1v) is 6.39. The molecule has 20 heavy (non-hydrogen) atoms. The van der Waals surface area contributed by atoms with Gasteiger partial charge in [-0.3, -0.25) is 0 Å². The molecular weight excluding hydrogens is 254 g/mol. The van der Waals surface area contributed by atoms with E-state index in [-0.39, 0.29) is 0 Å². The van der Waals surface area contributed by atoms with Gasteiger partial charge in [-0.1, -0.05) is 24.3 Å². The van der Waals surface area contributed by atoms with Crippen LogP contribution in [0.25, 0.3) is 0 Å². The summed E-state index contributed by atoms with van der Waals surface area (Å²) in [6.07, 6.45) is 0. The van der Waals surface area contributed by atoms with Crippen molar-refractivity contribution in [3.8, 4) is 17.2 Å². The van der Waals surface area contributed by atoms with Crippen LogP contribution < -0.4 is 19.9 Å². The summed E-state index contributed by atoms with van der Waals surface area (Å²) >= 11 is 0. The van der Waals surface area contributed by atoms with E-state index in [2.05, 4.69) is 0 Å². The number of rotatable bonds is 6. The summed E-state index contributed by atoms with van der Waals surface area (Å²) in [7, 11) is 3.23. The normalized spacial score (nSPS) is 10.2. The molecular formula is C16H19NO3. The molecule has 0 radical (unpaired) electrons. The molecule has 0 amide bonds. The second kappa shape index (κ2) is 6.82.